The first kappa shape index (κ1) is 28.6. The van der Waals surface area contributed by atoms with Crippen molar-refractivity contribution in [3.63, 3.8) is 0 Å². The molecule has 0 aromatic heterocycles. The van der Waals surface area contributed by atoms with Crippen molar-refractivity contribution in [2.24, 2.45) is 11.1 Å². The Balaban J connectivity index is 2.17. The second kappa shape index (κ2) is 14.1. The Morgan fingerprint density at radius 3 is 2.71 bits per heavy atom. The molecule has 0 fully saturated rings. The molecule has 0 spiro atoms. The molecule has 0 saturated carbocycles. The Kier molecular flexibility index (Phi) is 11.5. The van der Waals surface area contributed by atoms with E-state index in [0.717, 1.165) is 5.56 Å². The summed E-state index contributed by atoms with van der Waals surface area (Å²) in [5, 5.41) is 13.6. The lowest BCUT2D eigenvalue weighted by Crippen LogP contribution is -2.44. The van der Waals surface area contributed by atoms with Gasteiger partial charge < -0.3 is 24.0 Å². The average molecular weight is 507 g/mol. The van der Waals surface area contributed by atoms with Crippen molar-refractivity contribution < 1.29 is 33.0 Å². The summed E-state index contributed by atoms with van der Waals surface area (Å²) >= 11 is 0. The lowest BCUT2D eigenvalue weighted by atomic mass is 10.0. The van der Waals surface area contributed by atoms with E-state index in [1.165, 1.54) is 25.5 Å². The molecule has 1 aromatic rings. The lowest BCUT2D eigenvalue weighted by molar-refractivity contribution is -0.139. The zero-order chi connectivity index (χ0) is 25.8. The first-order valence-corrected chi connectivity index (χ1v) is 12.8. The number of benzene rings is 1. The number of carbonyl (C=O) groups is 1. The molecule has 2 rings (SSSR count). The van der Waals surface area contributed by atoms with Gasteiger partial charge in [-0.1, -0.05) is 58.3 Å². The zero-order valence-corrected chi connectivity index (χ0v) is 21.1. The molecular weight excluding hydrogens is 472 g/mol. The van der Waals surface area contributed by atoms with Crippen LogP contribution in [0.2, 0.25) is 0 Å². The molecule has 1 heterocycles. The van der Waals surface area contributed by atoms with Gasteiger partial charge in [0.25, 0.3) is 0 Å². The predicted molar refractivity (Wildman–Crippen MR) is 133 cm³/mol. The minimum Gasteiger partial charge on any atom is -0.593 e. The van der Waals surface area contributed by atoms with Gasteiger partial charge in [-0.2, -0.15) is 0 Å². The number of hydrogen-bond acceptors (Lipinski definition) is 8. The third-order valence-electron chi connectivity index (χ3n) is 5.36. The first-order chi connectivity index (χ1) is 16.7. The third kappa shape index (κ3) is 9.15. The van der Waals surface area contributed by atoms with Crippen LogP contribution in [0, 0.1) is 12.8 Å². The highest BCUT2D eigenvalue weighted by Crippen LogP contribution is 2.20. The number of nitrogens with one attached hydrogen (secondary N) is 1. The van der Waals surface area contributed by atoms with E-state index < -0.39 is 34.6 Å². The molecule has 0 bridgehead atoms. The van der Waals surface area contributed by atoms with Crippen molar-refractivity contribution in [3.8, 4) is 0 Å². The van der Waals surface area contributed by atoms with Crippen LogP contribution in [0.3, 0.4) is 0 Å². The second-order valence-electron chi connectivity index (χ2n) is 8.16. The largest absolute Gasteiger partial charge is 0.593 e. The van der Waals surface area contributed by atoms with Gasteiger partial charge in [-0.05, 0) is 37.5 Å². The second-order valence-corrected chi connectivity index (χ2v) is 9.87. The van der Waals surface area contributed by atoms with Crippen LogP contribution >= 0.6 is 0 Å². The fourth-order valence-corrected chi connectivity index (χ4v) is 4.51. The quantitative estimate of drug-likeness (QED) is 0.138. The number of carbonyl (C=O) groups excluding carboxylic acids is 1. The zero-order valence-electron chi connectivity index (χ0n) is 20.2. The van der Waals surface area contributed by atoms with Gasteiger partial charge in [-0.15, -0.1) is 11.3 Å². The molecule has 1 aromatic carbocycles. The van der Waals surface area contributed by atoms with Crippen molar-refractivity contribution in [2.45, 2.75) is 55.9 Å². The Hall–Kier alpha value is -2.63. The van der Waals surface area contributed by atoms with Gasteiger partial charge in [0.1, 0.15) is 6.10 Å². The monoisotopic (exact) mass is 506 g/mol. The molecule has 10 heteroatoms. The summed E-state index contributed by atoms with van der Waals surface area (Å²) in [4.78, 5) is 17.0. The minimum absolute atomic E-state index is 0.0557. The van der Waals surface area contributed by atoms with Crippen LogP contribution in [-0.4, -0.2) is 59.9 Å². The molecule has 0 aliphatic carbocycles. The molecule has 1 aliphatic rings. The average Bonchev–Trinajstić information content (AvgIpc) is 2.84. The summed E-state index contributed by atoms with van der Waals surface area (Å²) in [5.41, 5.74) is 0.936. The number of oxime groups is 1. The molecule has 1 aliphatic heterocycles. The number of aliphatic hydroxyl groups excluding tert-OH is 1. The summed E-state index contributed by atoms with van der Waals surface area (Å²) in [6, 6.07) is 5.69. The summed E-state index contributed by atoms with van der Waals surface area (Å²) in [5.74, 6) is -0.785. The van der Waals surface area contributed by atoms with Crippen LogP contribution in [0.15, 0.2) is 71.3 Å². The molecule has 0 radical (unpaired) electrons. The van der Waals surface area contributed by atoms with Crippen molar-refractivity contribution in [1.82, 2.24) is 4.72 Å². The smallest absolute Gasteiger partial charge is 0.309 e. The van der Waals surface area contributed by atoms with Crippen LogP contribution < -0.4 is 4.72 Å². The van der Waals surface area contributed by atoms with E-state index in [2.05, 4.69) is 21.2 Å². The summed E-state index contributed by atoms with van der Waals surface area (Å²) in [6.07, 6.45) is 9.12. The Bertz CT molecular complexity index is 961. The van der Waals surface area contributed by atoms with E-state index in [-0.39, 0.29) is 29.9 Å². The Morgan fingerprint density at radius 2 is 2.09 bits per heavy atom. The number of hydrogen-bond donors (Lipinski definition) is 2. The van der Waals surface area contributed by atoms with E-state index in [1.54, 1.807) is 43.4 Å². The number of sulfonamides is 1. The van der Waals surface area contributed by atoms with Gasteiger partial charge in [0.2, 0.25) is 0 Å². The summed E-state index contributed by atoms with van der Waals surface area (Å²) in [6.45, 7) is 7.06. The fraction of sp³-hybridized carbons (Fsp3) is 0.440. The van der Waals surface area contributed by atoms with Gasteiger partial charge in [0.15, 0.2) is 21.4 Å². The normalized spacial score (nSPS) is 23.6. The van der Waals surface area contributed by atoms with E-state index >= 15 is 0 Å². The van der Waals surface area contributed by atoms with Gasteiger partial charge in [-0.3, -0.25) is 4.79 Å². The molecule has 1 unspecified atom stereocenters. The maximum atomic E-state index is 13.0. The number of aryl methyl sites for hydroxylation is 1. The van der Waals surface area contributed by atoms with Crippen molar-refractivity contribution in [2.75, 3.05) is 13.7 Å². The highest BCUT2D eigenvalue weighted by Gasteiger charge is 2.29. The summed E-state index contributed by atoms with van der Waals surface area (Å²) in [7, 11) is -2.57. The van der Waals surface area contributed by atoms with Crippen molar-refractivity contribution in [1.29, 1.82) is 0 Å². The van der Waals surface area contributed by atoms with Crippen LogP contribution in [0.4, 0.5) is 0 Å². The molecule has 6 atom stereocenters. The number of methoxy groups -OCH3 is 1. The third-order valence-corrected chi connectivity index (χ3v) is 6.83. The van der Waals surface area contributed by atoms with E-state index in [9.17, 15) is 18.7 Å². The summed E-state index contributed by atoms with van der Waals surface area (Å²) < 4.78 is 38.9. The van der Waals surface area contributed by atoms with Crippen molar-refractivity contribution >= 4 is 22.6 Å². The van der Waals surface area contributed by atoms with Crippen LogP contribution in [-0.2, 0) is 33.7 Å². The number of esters is 1. The Morgan fingerprint density at radius 1 is 1.37 bits per heavy atom. The molecule has 0 saturated heterocycles. The number of ether oxygens (including phenoxy) is 2. The lowest BCUT2D eigenvalue weighted by Gasteiger charge is -2.29. The fourth-order valence-electron chi connectivity index (χ4n) is 3.24. The standard InChI is InChI=1S/C25H34N2O7S/c1-5-7-20-12-15-23(24(17-28)33-20)34-26-16-22(19(3)8-6-9-25(29)32-4)27-35(30,31)21-13-10-18(2)11-14-21/h5-6,8,10-16,19-20,22-24,28H,1,7,9,17H2,2-4H3,(H-,27,30,31)/t19-,20-,22-,23+,24+/m1/s1. The topological polar surface area (TPSA) is 130 Å². The molecule has 35 heavy (non-hydrogen) atoms. The predicted octanol–water partition coefficient (Wildman–Crippen LogP) is 2.88. The van der Waals surface area contributed by atoms with Crippen LogP contribution in [0.5, 0.6) is 0 Å². The van der Waals surface area contributed by atoms with Gasteiger partial charge in [0.05, 0.1) is 38.5 Å². The van der Waals surface area contributed by atoms with Crippen LogP contribution in [0.1, 0.15) is 25.3 Å². The Labute approximate surface area is 207 Å². The highest BCUT2D eigenvalue weighted by atomic mass is 32.3. The van der Waals surface area contributed by atoms with E-state index in [0.29, 0.717) is 6.42 Å². The van der Waals surface area contributed by atoms with Crippen LogP contribution in [0.25, 0.3) is 0 Å². The molecular formula is C25H34N2O7S. The van der Waals surface area contributed by atoms with Gasteiger partial charge in [0, 0.05) is 0 Å². The van der Waals surface area contributed by atoms with E-state index in [1.807, 2.05) is 13.0 Å². The van der Waals surface area contributed by atoms with Crippen molar-refractivity contribution in [3.05, 3.63) is 66.8 Å². The van der Waals surface area contributed by atoms with Gasteiger partial charge in [-0.25, -0.2) is 0 Å². The first-order valence-electron chi connectivity index (χ1n) is 11.3. The van der Waals surface area contributed by atoms with E-state index in [4.69, 9.17) is 9.57 Å². The molecule has 192 valence electrons. The number of nitrogens with zero attached hydrogens (tertiary/aromatic N) is 1. The number of rotatable bonds is 13. The molecule has 9 nitrogen and oxygen atoms in total. The highest BCUT2D eigenvalue weighted by molar-refractivity contribution is 7.95. The maximum Gasteiger partial charge on any atom is 0.309 e. The van der Waals surface area contributed by atoms with Gasteiger partial charge >= 0.3 is 5.97 Å². The minimum atomic E-state index is -3.86. The molecule has 2 N–H and O–H groups in total. The SMILES string of the molecule is C=CC[C@@H]1C=C[C@H](ON=C[C@@H](N[S+](=O)([O-])c2ccc(C)cc2)[C@H](C)C=CCC(=O)OC)[C@H](CO)O1. The maximum absolute atomic E-state index is 13.0. The molecule has 0 amide bonds. The number of aliphatic hydroxyl groups is 1.